The number of benzene rings is 1. The molecule has 1 aromatic carbocycles. The molecule has 0 bridgehead atoms. The third kappa shape index (κ3) is 9.00. The van der Waals surface area contributed by atoms with Gasteiger partial charge in [0.2, 0.25) is 0 Å². The molecule has 124 valence electrons. The van der Waals surface area contributed by atoms with Crippen LogP contribution in [0.25, 0.3) is 0 Å². The van der Waals surface area contributed by atoms with E-state index in [2.05, 4.69) is 10.1 Å². The highest BCUT2D eigenvalue weighted by Gasteiger charge is 2.15. The van der Waals surface area contributed by atoms with Gasteiger partial charge in [0, 0.05) is 6.54 Å². The minimum Gasteiger partial charge on any atom is -0.469 e. The molecule has 0 aliphatic carbocycles. The molecule has 0 aliphatic rings. The van der Waals surface area contributed by atoms with Gasteiger partial charge in [-0.15, -0.1) is 0 Å². The average molecular weight is 309 g/mol. The highest BCUT2D eigenvalue weighted by Crippen LogP contribution is 2.09. The molecule has 0 aliphatic heterocycles. The first kappa shape index (κ1) is 20.0. The zero-order valence-electron chi connectivity index (χ0n) is 14.4. The van der Waals surface area contributed by atoms with Crippen molar-refractivity contribution in [3.05, 3.63) is 35.4 Å². The van der Waals surface area contributed by atoms with Gasteiger partial charge in [-0.25, -0.2) is 4.79 Å². The molecule has 0 heterocycles. The monoisotopic (exact) mass is 309 g/mol. The molecular weight excluding hydrogens is 282 g/mol. The lowest BCUT2D eigenvalue weighted by molar-refractivity contribution is -0.139. The number of esters is 1. The molecule has 0 fully saturated rings. The summed E-state index contributed by atoms with van der Waals surface area (Å²) in [6.45, 7) is 9.78. The van der Waals surface area contributed by atoms with E-state index in [-0.39, 0.29) is 12.4 Å². The van der Waals surface area contributed by atoms with Gasteiger partial charge >= 0.3 is 12.1 Å². The van der Waals surface area contributed by atoms with E-state index in [0.717, 1.165) is 11.1 Å². The Hall–Kier alpha value is -2.04. The Morgan fingerprint density at radius 3 is 2.27 bits per heavy atom. The van der Waals surface area contributed by atoms with E-state index in [9.17, 15) is 9.59 Å². The number of hydrogen-bond acceptors (Lipinski definition) is 4. The van der Waals surface area contributed by atoms with Crippen LogP contribution in [-0.2, 0) is 27.2 Å². The Balaban J connectivity index is 0.00000211. The lowest BCUT2D eigenvalue weighted by atomic mass is 10.1. The van der Waals surface area contributed by atoms with Crippen molar-refractivity contribution in [3.8, 4) is 0 Å². The highest BCUT2D eigenvalue weighted by molar-refractivity contribution is 5.72. The zero-order chi connectivity index (χ0) is 17.2. The predicted molar refractivity (Wildman–Crippen MR) is 86.6 cm³/mol. The molecule has 1 amide bonds. The van der Waals surface area contributed by atoms with Crippen LogP contribution in [0.3, 0.4) is 0 Å². The predicted octanol–water partition coefficient (Wildman–Crippen LogP) is 3.45. The largest absolute Gasteiger partial charge is 0.469 e. The number of ether oxygens (including phenoxy) is 2. The number of amides is 1. The van der Waals surface area contributed by atoms with Gasteiger partial charge in [0.05, 0.1) is 13.5 Å². The number of nitrogens with one attached hydrogen (secondary N) is 1. The number of carbonyl (C=O) groups excluding carboxylic acids is 2. The molecule has 5 nitrogen and oxygen atoms in total. The molecule has 0 spiro atoms. The second kappa shape index (κ2) is 9.82. The van der Waals surface area contributed by atoms with Crippen molar-refractivity contribution >= 4 is 12.1 Å². The Morgan fingerprint density at radius 2 is 1.73 bits per heavy atom. The van der Waals surface area contributed by atoms with E-state index in [0.29, 0.717) is 6.54 Å². The molecule has 22 heavy (non-hydrogen) atoms. The second-order valence-corrected chi connectivity index (χ2v) is 5.43. The number of carbonyl (C=O) groups is 2. The van der Waals surface area contributed by atoms with E-state index >= 15 is 0 Å². The molecule has 0 atom stereocenters. The van der Waals surface area contributed by atoms with Crippen LogP contribution in [0.4, 0.5) is 4.79 Å². The summed E-state index contributed by atoms with van der Waals surface area (Å²) in [5.41, 5.74) is 1.23. The van der Waals surface area contributed by atoms with Crippen LogP contribution < -0.4 is 5.32 Å². The van der Waals surface area contributed by atoms with Crippen molar-refractivity contribution in [2.24, 2.45) is 0 Å². The third-order valence-corrected chi connectivity index (χ3v) is 2.40. The van der Waals surface area contributed by atoms with Crippen LogP contribution in [0.5, 0.6) is 0 Å². The van der Waals surface area contributed by atoms with E-state index in [4.69, 9.17) is 4.74 Å². The Kier molecular flexibility index (Phi) is 8.91. The molecule has 1 N–H and O–H groups in total. The second-order valence-electron chi connectivity index (χ2n) is 5.43. The standard InChI is InChI=1S/C15H21NO4.C2H6/c1-15(2,3)20-14(18)16-10-12-7-5-6-11(8-12)9-13(17)19-4;1-2/h5-8H,9-10H2,1-4H3,(H,16,18);1-2H3. The smallest absolute Gasteiger partial charge is 0.407 e. The average Bonchev–Trinajstić information content (AvgIpc) is 2.46. The number of alkyl carbamates (subject to hydrolysis) is 1. The molecular formula is C17H27NO4. The molecule has 1 aromatic rings. The van der Waals surface area contributed by atoms with Crippen molar-refractivity contribution in [1.82, 2.24) is 5.32 Å². The van der Waals surface area contributed by atoms with Crippen molar-refractivity contribution in [3.63, 3.8) is 0 Å². The van der Waals surface area contributed by atoms with Gasteiger partial charge in [0.15, 0.2) is 0 Å². The van der Waals surface area contributed by atoms with Gasteiger partial charge in [-0.1, -0.05) is 38.1 Å². The van der Waals surface area contributed by atoms with Crippen LogP contribution >= 0.6 is 0 Å². The molecule has 0 saturated carbocycles. The first-order valence-electron chi connectivity index (χ1n) is 7.41. The summed E-state index contributed by atoms with van der Waals surface area (Å²) < 4.78 is 9.77. The summed E-state index contributed by atoms with van der Waals surface area (Å²) in [4.78, 5) is 22.7. The topological polar surface area (TPSA) is 64.6 Å². The molecule has 0 radical (unpaired) electrons. The van der Waals surface area contributed by atoms with Crippen LogP contribution in [0.2, 0.25) is 0 Å². The van der Waals surface area contributed by atoms with Gasteiger partial charge in [0.25, 0.3) is 0 Å². The molecule has 0 saturated heterocycles. The molecule has 0 aromatic heterocycles. The first-order valence-corrected chi connectivity index (χ1v) is 7.41. The van der Waals surface area contributed by atoms with Crippen molar-refractivity contribution in [1.29, 1.82) is 0 Å². The summed E-state index contributed by atoms with van der Waals surface area (Å²) in [5, 5.41) is 2.67. The quantitative estimate of drug-likeness (QED) is 0.865. The maximum atomic E-state index is 11.5. The lowest BCUT2D eigenvalue weighted by Gasteiger charge is -2.19. The summed E-state index contributed by atoms with van der Waals surface area (Å²) in [6.07, 6.45) is -0.243. The van der Waals surface area contributed by atoms with Crippen LogP contribution in [0.15, 0.2) is 24.3 Å². The Labute approximate surface area is 133 Å². The number of rotatable bonds is 4. The minimum absolute atomic E-state index is 0.219. The molecule has 0 unspecified atom stereocenters. The van der Waals surface area contributed by atoms with Gasteiger partial charge < -0.3 is 14.8 Å². The van der Waals surface area contributed by atoms with Crippen molar-refractivity contribution in [2.45, 2.75) is 53.2 Å². The van der Waals surface area contributed by atoms with E-state index in [1.54, 1.807) is 0 Å². The Morgan fingerprint density at radius 1 is 1.14 bits per heavy atom. The van der Waals surface area contributed by atoms with Crippen LogP contribution in [0, 0.1) is 0 Å². The maximum Gasteiger partial charge on any atom is 0.407 e. The van der Waals surface area contributed by atoms with E-state index < -0.39 is 11.7 Å². The number of hydrogen-bond donors (Lipinski definition) is 1. The van der Waals surface area contributed by atoms with Gasteiger partial charge in [-0.3, -0.25) is 4.79 Å². The van der Waals surface area contributed by atoms with E-state index in [1.165, 1.54) is 7.11 Å². The summed E-state index contributed by atoms with van der Waals surface area (Å²) in [7, 11) is 1.36. The fourth-order valence-electron chi connectivity index (χ4n) is 1.58. The van der Waals surface area contributed by atoms with Crippen molar-refractivity contribution in [2.75, 3.05) is 7.11 Å². The summed E-state index contributed by atoms with van der Waals surface area (Å²) in [5.74, 6) is -0.290. The minimum atomic E-state index is -0.517. The lowest BCUT2D eigenvalue weighted by Crippen LogP contribution is -2.32. The SMILES string of the molecule is CC.COC(=O)Cc1cccc(CNC(=O)OC(C)(C)C)c1. The fourth-order valence-corrected chi connectivity index (χ4v) is 1.58. The Bertz CT molecular complexity index is 478. The molecule has 1 rings (SSSR count). The summed E-state index contributed by atoms with van der Waals surface area (Å²) in [6, 6.07) is 7.41. The van der Waals surface area contributed by atoms with Crippen molar-refractivity contribution < 1.29 is 19.1 Å². The van der Waals surface area contributed by atoms with E-state index in [1.807, 2.05) is 58.9 Å². The van der Waals surface area contributed by atoms with Crippen LogP contribution in [-0.4, -0.2) is 24.8 Å². The molecule has 5 heteroatoms. The van der Waals surface area contributed by atoms with Gasteiger partial charge in [0.1, 0.15) is 5.60 Å². The van der Waals surface area contributed by atoms with Gasteiger partial charge in [-0.05, 0) is 31.9 Å². The van der Waals surface area contributed by atoms with Gasteiger partial charge in [-0.2, -0.15) is 0 Å². The van der Waals surface area contributed by atoms with Crippen LogP contribution in [0.1, 0.15) is 45.7 Å². The highest BCUT2D eigenvalue weighted by atomic mass is 16.6. The zero-order valence-corrected chi connectivity index (χ0v) is 14.4. The fraction of sp³-hybridized carbons (Fsp3) is 0.529. The normalized spacial score (nSPS) is 10.1. The summed E-state index contributed by atoms with van der Waals surface area (Å²) >= 11 is 0. The number of methoxy groups -OCH3 is 1. The third-order valence-electron chi connectivity index (χ3n) is 2.40. The maximum absolute atomic E-state index is 11.5. The first-order chi connectivity index (χ1) is 10.3.